The monoisotopic (exact) mass is 465 g/mol. The van der Waals surface area contributed by atoms with Crippen LogP contribution < -0.4 is 0 Å². The molecular formula is C14H23Cl3N3O4PS. The normalized spacial score (nSPS) is 14.1. The topological polar surface area (TPSA) is 75.9 Å². The number of hydrogen-bond acceptors (Lipinski definition) is 5. The molecule has 150 valence electrons. The van der Waals surface area contributed by atoms with Crippen LogP contribution in [-0.4, -0.2) is 58.1 Å². The molecule has 0 saturated heterocycles. The average molecular weight is 467 g/mol. The summed E-state index contributed by atoms with van der Waals surface area (Å²) in [6, 6.07) is 3.01. The number of rotatable bonds is 14. The summed E-state index contributed by atoms with van der Waals surface area (Å²) in [5, 5.41) is 10.8. The van der Waals surface area contributed by atoms with Crippen LogP contribution in [0.4, 0.5) is 5.00 Å². The molecule has 1 aromatic rings. The smallest absolute Gasteiger partial charge is 0.300 e. The van der Waals surface area contributed by atoms with E-state index in [4.69, 9.17) is 39.3 Å². The van der Waals surface area contributed by atoms with Gasteiger partial charge in [0.15, 0.2) is 0 Å². The summed E-state index contributed by atoms with van der Waals surface area (Å²) >= 11 is 18.6. The number of nitrogens with zero attached hydrogens (tertiary/aromatic N) is 3. The maximum atomic E-state index is 13.8. The Balaban J connectivity index is 3.06. The second-order valence-electron chi connectivity index (χ2n) is 5.24. The van der Waals surface area contributed by atoms with Crippen molar-refractivity contribution in [2.45, 2.75) is 20.0 Å². The lowest BCUT2D eigenvalue weighted by Crippen LogP contribution is -2.36. The third-order valence-corrected chi connectivity index (χ3v) is 7.64. The van der Waals surface area contributed by atoms with Crippen molar-refractivity contribution in [2.75, 3.05) is 43.8 Å². The van der Waals surface area contributed by atoms with Gasteiger partial charge in [0.1, 0.15) is 0 Å². The summed E-state index contributed by atoms with van der Waals surface area (Å²) in [7, 11) is -3.44. The Kier molecular flexibility index (Phi) is 11.6. The predicted molar refractivity (Wildman–Crippen MR) is 109 cm³/mol. The zero-order valence-corrected chi connectivity index (χ0v) is 18.5. The van der Waals surface area contributed by atoms with Crippen LogP contribution in [0.15, 0.2) is 12.1 Å². The first-order valence-electron chi connectivity index (χ1n) is 8.09. The molecule has 0 aliphatic carbocycles. The summed E-state index contributed by atoms with van der Waals surface area (Å²) in [6.45, 7) is 3.59. The highest BCUT2D eigenvalue weighted by Gasteiger charge is 2.38. The van der Waals surface area contributed by atoms with E-state index in [1.165, 1.54) is 6.07 Å². The van der Waals surface area contributed by atoms with Gasteiger partial charge in [0.25, 0.3) is 0 Å². The van der Waals surface area contributed by atoms with Crippen molar-refractivity contribution in [3.05, 3.63) is 27.1 Å². The van der Waals surface area contributed by atoms with Gasteiger partial charge in [-0.2, -0.15) is 0 Å². The fraction of sp³-hybridized carbons (Fsp3) is 0.714. The molecular weight excluding hydrogens is 444 g/mol. The standard InChI is InChI=1S/C14H23Cl3N3O4PS/c1-2-8-18(9-5-15)25(23,19(10-6-16)11-7-17)24-12-13-3-4-14(26-13)20(21)22/h3-4H,2,5-12H2,1H3. The van der Waals surface area contributed by atoms with Gasteiger partial charge in [-0.25, -0.2) is 9.34 Å². The van der Waals surface area contributed by atoms with E-state index in [0.29, 0.717) is 36.9 Å². The average Bonchev–Trinajstić information content (AvgIpc) is 3.09. The Morgan fingerprint density at radius 2 is 1.65 bits per heavy atom. The maximum absolute atomic E-state index is 13.8. The van der Waals surface area contributed by atoms with E-state index in [0.717, 1.165) is 17.8 Å². The molecule has 0 amide bonds. The van der Waals surface area contributed by atoms with E-state index in [-0.39, 0.29) is 23.4 Å². The molecule has 0 aliphatic rings. The van der Waals surface area contributed by atoms with E-state index in [1.54, 1.807) is 15.4 Å². The highest BCUT2D eigenvalue weighted by molar-refractivity contribution is 7.54. The summed E-state index contributed by atoms with van der Waals surface area (Å²) in [5.74, 6) is 0.846. The van der Waals surface area contributed by atoms with Gasteiger partial charge in [0.2, 0.25) is 0 Å². The highest BCUT2D eigenvalue weighted by atomic mass is 35.5. The first kappa shape index (κ1) is 24.1. The minimum absolute atomic E-state index is 0.000639. The Morgan fingerprint density at radius 3 is 2.08 bits per heavy atom. The first-order valence-corrected chi connectivity index (χ1v) is 12.0. The van der Waals surface area contributed by atoms with Crippen LogP contribution in [0, 0.1) is 10.1 Å². The molecule has 0 saturated carbocycles. The van der Waals surface area contributed by atoms with Gasteiger partial charge >= 0.3 is 12.7 Å². The van der Waals surface area contributed by atoms with Gasteiger partial charge in [0, 0.05) is 54.8 Å². The molecule has 0 bridgehead atoms. The van der Waals surface area contributed by atoms with Gasteiger partial charge in [-0.15, -0.1) is 34.8 Å². The molecule has 0 spiro atoms. The third-order valence-electron chi connectivity index (χ3n) is 3.43. The first-order chi connectivity index (χ1) is 12.4. The van der Waals surface area contributed by atoms with Gasteiger partial charge in [-0.05, 0) is 12.5 Å². The van der Waals surface area contributed by atoms with Crippen LogP contribution in [0.2, 0.25) is 0 Å². The van der Waals surface area contributed by atoms with E-state index in [1.807, 2.05) is 6.92 Å². The second-order valence-corrected chi connectivity index (χ2v) is 9.89. The van der Waals surface area contributed by atoms with E-state index in [9.17, 15) is 14.7 Å². The molecule has 1 atom stereocenters. The molecule has 26 heavy (non-hydrogen) atoms. The van der Waals surface area contributed by atoms with Gasteiger partial charge in [0.05, 0.1) is 11.5 Å². The van der Waals surface area contributed by atoms with E-state index >= 15 is 0 Å². The predicted octanol–water partition coefficient (Wildman–Crippen LogP) is 5.01. The SMILES string of the molecule is CCCN(CCCl)P(=O)(OCc1ccc([N+](=O)[O-])s1)N(CCCl)CCCl. The van der Waals surface area contributed by atoms with Crippen molar-refractivity contribution >= 4 is 58.8 Å². The highest BCUT2D eigenvalue weighted by Crippen LogP contribution is 2.55. The molecule has 0 N–H and O–H groups in total. The largest absolute Gasteiger partial charge is 0.346 e. The van der Waals surface area contributed by atoms with E-state index in [2.05, 4.69) is 0 Å². The minimum atomic E-state index is -3.44. The second kappa shape index (κ2) is 12.5. The van der Waals surface area contributed by atoms with Crippen molar-refractivity contribution in [2.24, 2.45) is 0 Å². The third kappa shape index (κ3) is 6.91. The zero-order chi connectivity index (χ0) is 19.6. The van der Waals surface area contributed by atoms with Crippen LogP contribution in [0.3, 0.4) is 0 Å². The molecule has 1 heterocycles. The van der Waals surface area contributed by atoms with Crippen LogP contribution >= 0.6 is 53.8 Å². The number of nitro groups is 1. The quantitative estimate of drug-likeness (QED) is 0.166. The lowest BCUT2D eigenvalue weighted by Gasteiger charge is -2.37. The maximum Gasteiger partial charge on any atom is 0.346 e. The molecule has 1 rings (SSSR count). The summed E-state index contributed by atoms with van der Waals surface area (Å²) in [5.41, 5.74) is 0. The van der Waals surface area contributed by atoms with Gasteiger partial charge in [-0.3, -0.25) is 14.7 Å². The molecule has 0 fully saturated rings. The van der Waals surface area contributed by atoms with Crippen LogP contribution in [0.25, 0.3) is 0 Å². The summed E-state index contributed by atoms with van der Waals surface area (Å²) in [4.78, 5) is 11.0. The summed E-state index contributed by atoms with van der Waals surface area (Å²) < 4.78 is 23.0. The fourth-order valence-corrected chi connectivity index (χ4v) is 6.60. The lowest BCUT2D eigenvalue weighted by molar-refractivity contribution is -0.380. The van der Waals surface area contributed by atoms with Crippen molar-refractivity contribution in [1.82, 2.24) is 9.34 Å². The molecule has 1 aromatic heterocycles. The van der Waals surface area contributed by atoms with E-state index < -0.39 is 12.6 Å². The summed E-state index contributed by atoms with van der Waals surface area (Å²) in [6.07, 6.45) is 0.768. The Labute approximate surface area is 172 Å². The van der Waals surface area contributed by atoms with Crippen LogP contribution in [-0.2, 0) is 15.7 Å². The van der Waals surface area contributed by atoms with Gasteiger partial charge in [-0.1, -0.05) is 18.3 Å². The van der Waals surface area contributed by atoms with Crippen molar-refractivity contribution < 1.29 is 14.0 Å². The number of halogens is 3. The zero-order valence-electron chi connectivity index (χ0n) is 14.5. The molecule has 0 aliphatic heterocycles. The van der Waals surface area contributed by atoms with Crippen LogP contribution in [0.5, 0.6) is 0 Å². The minimum Gasteiger partial charge on any atom is -0.300 e. The molecule has 1 unspecified atom stereocenters. The number of alkyl halides is 3. The Bertz CT molecular complexity index is 576. The molecule has 0 radical (unpaired) electrons. The lowest BCUT2D eigenvalue weighted by atomic mass is 10.5. The Morgan fingerprint density at radius 1 is 1.12 bits per heavy atom. The Hall–Kier alpha value is 0.0800. The van der Waals surface area contributed by atoms with Crippen molar-refractivity contribution in [1.29, 1.82) is 0 Å². The number of thiophene rings is 1. The van der Waals surface area contributed by atoms with Crippen molar-refractivity contribution in [3.8, 4) is 0 Å². The fourth-order valence-electron chi connectivity index (χ4n) is 2.31. The van der Waals surface area contributed by atoms with Crippen LogP contribution in [0.1, 0.15) is 18.2 Å². The number of hydrogen-bond donors (Lipinski definition) is 0. The molecule has 0 aromatic carbocycles. The molecule has 7 nitrogen and oxygen atoms in total. The molecule has 12 heteroatoms. The van der Waals surface area contributed by atoms with Gasteiger partial charge < -0.3 is 4.52 Å². The van der Waals surface area contributed by atoms with Crippen molar-refractivity contribution in [3.63, 3.8) is 0 Å².